The van der Waals surface area contributed by atoms with Gasteiger partial charge in [0.1, 0.15) is 0 Å². The van der Waals surface area contributed by atoms with E-state index in [1.165, 1.54) is 29.9 Å². The number of benzene rings is 2. The topological polar surface area (TPSA) is 28.2 Å². The van der Waals surface area contributed by atoms with E-state index in [1.807, 2.05) is 5.38 Å². The molecule has 26 heavy (non-hydrogen) atoms. The van der Waals surface area contributed by atoms with Crippen LogP contribution in [0.3, 0.4) is 0 Å². The van der Waals surface area contributed by atoms with Crippen molar-refractivity contribution in [3.05, 3.63) is 56.8 Å². The minimum atomic E-state index is 0.431. The molecule has 134 valence electrons. The van der Waals surface area contributed by atoms with Crippen molar-refractivity contribution in [2.24, 2.45) is 0 Å². The van der Waals surface area contributed by atoms with Crippen molar-refractivity contribution in [3.63, 3.8) is 0 Å². The van der Waals surface area contributed by atoms with Crippen LogP contribution in [0.15, 0.2) is 41.8 Å². The lowest BCUT2D eigenvalue weighted by atomic mass is 10.1. The number of anilines is 3. The summed E-state index contributed by atoms with van der Waals surface area (Å²) in [6.07, 6.45) is 2.56. The summed E-state index contributed by atoms with van der Waals surface area (Å²) in [5.74, 6) is 0. The molecule has 1 fully saturated rings. The van der Waals surface area contributed by atoms with Crippen molar-refractivity contribution < 1.29 is 0 Å². The van der Waals surface area contributed by atoms with Crippen molar-refractivity contribution in [3.8, 4) is 11.3 Å². The Labute approximate surface area is 171 Å². The Kier molecular flexibility index (Phi) is 5.28. The van der Waals surface area contributed by atoms with Gasteiger partial charge in [0.15, 0.2) is 5.13 Å². The van der Waals surface area contributed by atoms with Gasteiger partial charge >= 0.3 is 0 Å². The number of rotatable bonds is 4. The molecule has 4 rings (SSSR count). The van der Waals surface area contributed by atoms with Crippen molar-refractivity contribution in [2.75, 3.05) is 23.3 Å². The van der Waals surface area contributed by atoms with Crippen LogP contribution in [-0.2, 0) is 0 Å². The first-order chi connectivity index (χ1) is 12.6. The van der Waals surface area contributed by atoms with Crippen LogP contribution in [0.4, 0.5) is 16.5 Å². The Hall–Kier alpha value is -1.46. The molecule has 3 nitrogen and oxygen atoms in total. The van der Waals surface area contributed by atoms with Crippen LogP contribution in [0, 0.1) is 0 Å². The van der Waals surface area contributed by atoms with Gasteiger partial charge in [-0.2, -0.15) is 0 Å². The van der Waals surface area contributed by atoms with Gasteiger partial charge < -0.3 is 10.2 Å². The smallest absolute Gasteiger partial charge is 0.187 e. The molecule has 0 unspecified atom stereocenters. The predicted molar refractivity (Wildman–Crippen MR) is 114 cm³/mol. The number of thiazole rings is 1. The third-order valence-corrected chi connectivity index (χ3v) is 6.18. The fourth-order valence-corrected chi connectivity index (χ4v) is 4.34. The molecule has 1 aliphatic rings. The fourth-order valence-electron chi connectivity index (χ4n) is 3.02. The third-order valence-electron chi connectivity index (χ3n) is 4.39. The summed E-state index contributed by atoms with van der Waals surface area (Å²) in [6.45, 7) is 2.29. The molecule has 0 spiro atoms. The van der Waals surface area contributed by atoms with Crippen LogP contribution in [0.25, 0.3) is 11.3 Å². The number of hydrogen-bond acceptors (Lipinski definition) is 4. The fraction of sp³-hybridized carbons (Fsp3) is 0.211. The van der Waals surface area contributed by atoms with Crippen LogP contribution in [0.5, 0.6) is 0 Å². The average molecular weight is 425 g/mol. The van der Waals surface area contributed by atoms with E-state index in [1.54, 1.807) is 12.1 Å². The van der Waals surface area contributed by atoms with Crippen LogP contribution in [0.2, 0.25) is 15.1 Å². The Morgan fingerprint density at radius 3 is 2.35 bits per heavy atom. The second-order valence-corrected chi connectivity index (χ2v) is 8.23. The lowest BCUT2D eigenvalue weighted by molar-refractivity contribution is 0.949. The quantitative estimate of drug-likeness (QED) is 0.452. The molecule has 2 heterocycles. The summed E-state index contributed by atoms with van der Waals surface area (Å²) in [7, 11) is 0. The van der Waals surface area contributed by atoms with E-state index in [9.17, 15) is 0 Å². The zero-order valence-electron chi connectivity index (χ0n) is 13.8. The summed E-state index contributed by atoms with van der Waals surface area (Å²) < 4.78 is 0. The molecule has 1 aliphatic heterocycles. The van der Waals surface area contributed by atoms with Crippen LogP contribution in [-0.4, -0.2) is 18.1 Å². The van der Waals surface area contributed by atoms with Crippen molar-refractivity contribution in [2.45, 2.75) is 12.8 Å². The highest BCUT2D eigenvalue weighted by molar-refractivity contribution is 7.14. The Morgan fingerprint density at radius 1 is 0.923 bits per heavy atom. The molecule has 1 aromatic heterocycles. The Bertz CT molecular complexity index is 918. The number of halogens is 3. The van der Waals surface area contributed by atoms with Gasteiger partial charge in [-0.3, -0.25) is 0 Å². The number of hydrogen-bond donors (Lipinski definition) is 1. The van der Waals surface area contributed by atoms with E-state index in [-0.39, 0.29) is 0 Å². The molecule has 0 saturated carbocycles. The molecule has 1 saturated heterocycles. The molecule has 7 heteroatoms. The third kappa shape index (κ3) is 3.79. The second kappa shape index (κ2) is 7.65. The van der Waals surface area contributed by atoms with Crippen molar-refractivity contribution >= 4 is 62.6 Å². The van der Waals surface area contributed by atoms with E-state index in [4.69, 9.17) is 34.8 Å². The maximum Gasteiger partial charge on any atom is 0.187 e. The highest BCUT2D eigenvalue weighted by Crippen LogP contribution is 2.35. The zero-order valence-corrected chi connectivity index (χ0v) is 16.9. The molecule has 0 bridgehead atoms. The molecule has 1 N–H and O–H groups in total. The first-order valence-electron chi connectivity index (χ1n) is 8.32. The van der Waals surface area contributed by atoms with Crippen LogP contribution < -0.4 is 10.2 Å². The van der Waals surface area contributed by atoms with Crippen LogP contribution in [0.1, 0.15) is 12.8 Å². The number of nitrogens with zero attached hydrogens (tertiary/aromatic N) is 2. The normalized spacial score (nSPS) is 14.0. The standard InChI is InChI=1S/C19H16Cl3N3S/c20-14-9-16(22)17(10-15(14)21)23-19-24-18(11-26-19)12-3-5-13(6-4-12)25-7-1-2-8-25/h3-6,9-11H,1-2,7-8H2,(H,23,24). The van der Waals surface area contributed by atoms with E-state index in [2.05, 4.69) is 39.5 Å². The SMILES string of the molecule is Clc1cc(Cl)c(Nc2nc(-c3ccc(N4CCCC4)cc3)cs2)cc1Cl. The molecule has 0 atom stereocenters. The molecule has 0 amide bonds. The highest BCUT2D eigenvalue weighted by atomic mass is 35.5. The van der Waals surface area contributed by atoms with Gasteiger partial charge in [-0.1, -0.05) is 46.9 Å². The molecule has 0 radical (unpaired) electrons. The van der Waals surface area contributed by atoms with Gasteiger partial charge in [0.2, 0.25) is 0 Å². The second-order valence-electron chi connectivity index (χ2n) is 6.15. The summed E-state index contributed by atoms with van der Waals surface area (Å²) in [5, 5.41) is 7.38. The lowest BCUT2D eigenvalue weighted by Gasteiger charge is -2.17. The number of nitrogens with one attached hydrogen (secondary N) is 1. The summed E-state index contributed by atoms with van der Waals surface area (Å²) >= 11 is 19.8. The number of aromatic nitrogens is 1. The average Bonchev–Trinajstić information content (AvgIpc) is 3.32. The van der Waals surface area contributed by atoms with Gasteiger partial charge in [0.25, 0.3) is 0 Å². The summed E-state index contributed by atoms with van der Waals surface area (Å²) in [4.78, 5) is 7.08. The molecule has 0 aliphatic carbocycles. The van der Waals surface area contributed by atoms with E-state index < -0.39 is 0 Å². The Balaban J connectivity index is 1.52. The van der Waals surface area contributed by atoms with Crippen LogP contribution >= 0.6 is 46.1 Å². The van der Waals surface area contributed by atoms with Crippen molar-refractivity contribution in [1.29, 1.82) is 0 Å². The van der Waals surface area contributed by atoms with E-state index in [0.717, 1.165) is 29.5 Å². The van der Waals surface area contributed by atoms with Gasteiger partial charge in [0, 0.05) is 29.7 Å². The largest absolute Gasteiger partial charge is 0.372 e. The van der Waals surface area contributed by atoms with Gasteiger partial charge in [0.05, 0.1) is 26.4 Å². The summed E-state index contributed by atoms with van der Waals surface area (Å²) in [6, 6.07) is 11.9. The van der Waals surface area contributed by atoms with Crippen molar-refractivity contribution in [1.82, 2.24) is 4.98 Å². The van der Waals surface area contributed by atoms with Gasteiger partial charge in [-0.25, -0.2) is 4.98 Å². The summed E-state index contributed by atoms with van der Waals surface area (Å²) in [5.41, 5.74) is 3.99. The first kappa shape index (κ1) is 17.9. The van der Waals surface area contributed by atoms with E-state index >= 15 is 0 Å². The lowest BCUT2D eigenvalue weighted by Crippen LogP contribution is -2.17. The Morgan fingerprint density at radius 2 is 1.62 bits per heavy atom. The monoisotopic (exact) mass is 423 g/mol. The van der Waals surface area contributed by atoms with Gasteiger partial charge in [-0.05, 0) is 37.1 Å². The molecule has 3 aromatic rings. The highest BCUT2D eigenvalue weighted by Gasteiger charge is 2.13. The van der Waals surface area contributed by atoms with E-state index in [0.29, 0.717) is 20.8 Å². The minimum absolute atomic E-state index is 0.431. The van der Waals surface area contributed by atoms with Gasteiger partial charge in [-0.15, -0.1) is 11.3 Å². The first-order valence-corrected chi connectivity index (χ1v) is 10.3. The zero-order chi connectivity index (χ0) is 18.1. The molecular weight excluding hydrogens is 409 g/mol. The predicted octanol–water partition coefficient (Wildman–Crippen LogP) is 7.11. The molecular formula is C19H16Cl3N3S. The minimum Gasteiger partial charge on any atom is -0.372 e. The maximum absolute atomic E-state index is 6.22. The maximum atomic E-state index is 6.22. The molecule has 2 aromatic carbocycles.